The van der Waals surface area contributed by atoms with Crippen molar-refractivity contribution in [3.8, 4) is 5.75 Å². The highest BCUT2D eigenvalue weighted by Gasteiger charge is 2.18. The molecule has 0 aliphatic rings. The van der Waals surface area contributed by atoms with Gasteiger partial charge < -0.3 is 10.1 Å². The second-order valence-electron chi connectivity index (χ2n) is 4.84. The van der Waals surface area contributed by atoms with Crippen LogP contribution in [-0.2, 0) is 6.42 Å². The van der Waals surface area contributed by atoms with E-state index < -0.39 is 0 Å². The van der Waals surface area contributed by atoms with Crippen LogP contribution in [0, 0.1) is 0 Å². The Bertz CT molecular complexity index is 535. The number of rotatable bonds is 7. The smallest absolute Gasteiger partial charge is 0.134 e. The Morgan fingerprint density at radius 2 is 2.10 bits per heavy atom. The molecule has 3 heteroatoms. The van der Waals surface area contributed by atoms with Gasteiger partial charge in [0.15, 0.2) is 0 Å². The van der Waals surface area contributed by atoms with Crippen molar-refractivity contribution in [3.63, 3.8) is 0 Å². The van der Waals surface area contributed by atoms with E-state index in [4.69, 9.17) is 4.74 Å². The van der Waals surface area contributed by atoms with Crippen molar-refractivity contribution in [3.05, 3.63) is 51.7 Å². The van der Waals surface area contributed by atoms with Gasteiger partial charge in [0.2, 0.25) is 0 Å². The third kappa shape index (κ3) is 3.41. The average Bonchev–Trinajstić information content (AvgIpc) is 2.93. The normalized spacial score (nSPS) is 12.3. The van der Waals surface area contributed by atoms with Gasteiger partial charge in [-0.3, -0.25) is 0 Å². The Hall–Kier alpha value is -1.32. The van der Waals surface area contributed by atoms with Crippen molar-refractivity contribution < 1.29 is 4.74 Å². The van der Waals surface area contributed by atoms with Crippen molar-refractivity contribution in [1.29, 1.82) is 0 Å². The summed E-state index contributed by atoms with van der Waals surface area (Å²) in [5.74, 6) is 0.974. The van der Waals surface area contributed by atoms with E-state index in [2.05, 4.69) is 48.8 Å². The molecule has 2 nitrogen and oxygen atoms in total. The highest BCUT2D eigenvalue weighted by Crippen LogP contribution is 2.35. The van der Waals surface area contributed by atoms with E-state index in [9.17, 15) is 0 Å². The Morgan fingerprint density at radius 3 is 2.80 bits per heavy atom. The number of ether oxygens (including phenoxy) is 1. The lowest BCUT2D eigenvalue weighted by molar-refractivity contribution is 0.408. The summed E-state index contributed by atoms with van der Waals surface area (Å²) in [5, 5.41) is 5.67. The molecular weight excluding hydrogens is 266 g/mol. The molecule has 1 heterocycles. The van der Waals surface area contributed by atoms with Crippen molar-refractivity contribution in [1.82, 2.24) is 5.32 Å². The van der Waals surface area contributed by atoms with Gasteiger partial charge in [-0.1, -0.05) is 44.5 Å². The van der Waals surface area contributed by atoms with Gasteiger partial charge in [0.1, 0.15) is 5.75 Å². The molecule has 0 saturated heterocycles. The maximum Gasteiger partial charge on any atom is 0.134 e. The van der Waals surface area contributed by atoms with Gasteiger partial charge in [-0.05, 0) is 35.5 Å². The summed E-state index contributed by atoms with van der Waals surface area (Å²) in [6.07, 6.45) is 2.31. The minimum Gasteiger partial charge on any atom is -0.496 e. The molecule has 1 aromatic heterocycles. The standard InChI is InChI=1S/C17H23NOS/c1-4-7-13-8-6-9-14(12-13)16(18-5-2)17-15(19-3)10-11-20-17/h6,8-12,16,18H,4-5,7H2,1-3H3. The first-order chi connectivity index (χ1) is 9.80. The van der Waals surface area contributed by atoms with Crippen LogP contribution in [0.1, 0.15) is 42.3 Å². The summed E-state index contributed by atoms with van der Waals surface area (Å²) < 4.78 is 5.48. The van der Waals surface area contributed by atoms with Crippen LogP contribution >= 0.6 is 11.3 Å². The minimum atomic E-state index is 0.215. The van der Waals surface area contributed by atoms with E-state index in [1.807, 2.05) is 6.07 Å². The van der Waals surface area contributed by atoms with Crippen LogP contribution in [-0.4, -0.2) is 13.7 Å². The van der Waals surface area contributed by atoms with Gasteiger partial charge in [0.25, 0.3) is 0 Å². The number of nitrogens with one attached hydrogen (secondary N) is 1. The molecule has 1 N–H and O–H groups in total. The molecule has 0 bridgehead atoms. The fourth-order valence-electron chi connectivity index (χ4n) is 2.47. The highest BCUT2D eigenvalue weighted by molar-refractivity contribution is 7.10. The van der Waals surface area contributed by atoms with Crippen LogP contribution < -0.4 is 10.1 Å². The second kappa shape index (κ2) is 7.46. The molecule has 0 radical (unpaired) electrons. The fourth-order valence-corrected chi connectivity index (χ4v) is 3.43. The summed E-state index contributed by atoms with van der Waals surface area (Å²) in [6.45, 7) is 5.30. The minimum absolute atomic E-state index is 0.215. The molecule has 0 aliphatic heterocycles. The first-order valence-electron chi connectivity index (χ1n) is 7.23. The zero-order valence-corrected chi connectivity index (χ0v) is 13.3. The van der Waals surface area contributed by atoms with Gasteiger partial charge >= 0.3 is 0 Å². The zero-order chi connectivity index (χ0) is 14.4. The third-order valence-corrected chi connectivity index (χ3v) is 4.33. The number of methoxy groups -OCH3 is 1. The molecule has 0 fully saturated rings. The molecule has 0 aliphatic carbocycles. The molecule has 1 atom stereocenters. The van der Waals surface area contributed by atoms with Crippen LogP contribution in [0.5, 0.6) is 5.75 Å². The second-order valence-corrected chi connectivity index (χ2v) is 5.79. The van der Waals surface area contributed by atoms with Gasteiger partial charge in [0.05, 0.1) is 18.0 Å². The van der Waals surface area contributed by atoms with E-state index in [1.54, 1.807) is 18.4 Å². The van der Waals surface area contributed by atoms with Crippen molar-refractivity contribution >= 4 is 11.3 Å². The number of thiophene rings is 1. The van der Waals surface area contributed by atoms with Gasteiger partial charge in [-0.2, -0.15) is 0 Å². The molecule has 1 aromatic carbocycles. The van der Waals surface area contributed by atoms with Gasteiger partial charge in [-0.15, -0.1) is 11.3 Å². The van der Waals surface area contributed by atoms with E-state index >= 15 is 0 Å². The Balaban J connectivity index is 2.35. The Kier molecular flexibility index (Phi) is 5.62. The molecule has 108 valence electrons. The van der Waals surface area contributed by atoms with Crippen LogP contribution in [0.25, 0.3) is 0 Å². The molecular formula is C17H23NOS. The van der Waals surface area contributed by atoms with Crippen LogP contribution in [0.15, 0.2) is 35.7 Å². The molecule has 2 aromatic rings. The largest absolute Gasteiger partial charge is 0.496 e. The van der Waals surface area contributed by atoms with Gasteiger partial charge in [0, 0.05) is 0 Å². The lowest BCUT2D eigenvalue weighted by atomic mass is 10.0. The maximum atomic E-state index is 5.48. The SMILES string of the molecule is CCCc1cccc(C(NCC)c2sccc2OC)c1. The number of hydrogen-bond acceptors (Lipinski definition) is 3. The summed E-state index contributed by atoms with van der Waals surface area (Å²) in [6, 6.07) is 11.1. The lowest BCUT2D eigenvalue weighted by Crippen LogP contribution is -2.21. The van der Waals surface area contributed by atoms with Crippen LogP contribution in [0.2, 0.25) is 0 Å². The first kappa shape index (κ1) is 15.1. The molecule has 2 rings (SSSR count). The van der Waals surface area contributed by atoms with E-state index in [-0.39, 0.29) is 6.04 Å². The highest BCUT2D eigenvalue weighted by atomic mass is 32.1. The summed E-state index contributed by atoms with van der Waals surface area (Å²) in [4.78, 5) is 1.25. The summed E-state index contributed by atoms with van der Waals surface area (Å²) >= 11 is 1.75. The zero-order valence-electron chi connectivity index (χ0n) is 12.5. The van der Waals surface area contributed by atoms with E-state index in [0.717, 1.165) is 18.7 Å². The predicted octanol–water partition coefficient (Wildman–Crippen LogP) is 4.41. The number of hydrogen-bond donors (Lipinski definition) is 1. The van der Waals surface area contributed by atoms with Crippen molar-refractivity contribution in [2.24, 2.45) is 0 Å². The molecule has 0 amide bonds. The van der Waals surface area contributed by atoms with Gasteiger partial charge in [-0.25, -0.2) is 0 Å². The van der Waals surface area contributed by atoms with Crippen LogP contribution in [0.4, 0.5) is 0 Å². The molecule has 0 saturated carbocycles. The summed E-state index contributed by atoms with van der Waals surface area (Å²) in [5.41, 5.74) is 2.72. The monoisotopic (exact) mass is 289 g/mol. The lowest BCUT2D eigenvalue weighted by Gasteiger charge is -2.19. The topological polar surface area (TPSA) is 21.3 Å². The molecule has 0 spiro atoms. The van der Waals surface area contributed by atoms with E-state index in [0.29, 0.717) is 0 Å². The Labute approximate surface area is 125 Å². The molecule has 1 unspecified atom stereocenters. The van der Waals surface area contributed by atoms with E-state index in [1.165, 1.54) is 22.4 Å². The molecule has 20 heavy (non-hydrogen) atoms. The average molecular weight is 289 g/mol. The Morgan fingerprint density at radius 1 is 1.25 bits per heavy atom. The van der Waals surface area contributed by atoms with Crippen molar-refractivity contribution in [2.45, 2.75) is 32.7 Å². The van der Waals surface area contributed by atoms with Crippen LogP contribution in [0.3, 0.4) is 0 Å². The van der Waals surface area contributed by atoms with Crippen molar-refractivity contribution in [2.75, 3.05) is 13.7 Å². The predicted molar refractivity (Wildman–Crippen MR) is 86.8 cm³/mol. The first-order valence-corrected chi connectivity index (χ1v) is 8.11. The maximum absolute atomic E-state index is 5.48. The number of aryl methyl sites for hydroxylation is 1. The summed E-state index contributed by atoms with van der Waals surface area (Å²) in [7, 11) is 1.74. The quantitative estimate of drug-likeness (QED) is 0.815. The fraction of sp³-hybridized carbons (Fsp3) is 0.412. The number of benzene rings is 1. The third-order valence-electron chi connectivity index (χ3n) is 3.37.